The van der Waals surface area contributed by atoms with E-state index >= 15 is 0 Å². The highest BCUT2D eigenvalue weighted by atomic mass is 16.2. The lowest BCUT2D eigenvalue weighted by atomic mass is 10.0. The first-order valence-corrected chi connectivity index (χ1v) is 10.5. The van der Waals surface area contributed by atoms with Gasteiger partial charge in [0.15, 0.2) is 0 Å². The van der Waals surface area contributed by atoms with Gasteiger partial charge in [-0.3, -0.25) is 14.5 Å². The van der Waals surface area contributed by atoms with E-state index in [-0.39, 0.29) is 17.9 Å². The summed E-state index contributed by atoms with van der Waals surface area (Å²) in [5, 5.41) is 2.67. The Morgan fingerprint density at radius 1 is 1.10 bits per heavy atom. The van der Waals surface area contributed by atoms with Crippen molar-refractivity contribution in [2.75, 3.05) is 31.6 Å². The summed E-state index contributed by atoms with van der Waals surface area (Å²) in [5.74, 6) is 0.115. The van der Waals surface area contributed by atoms with Crippen molar-refractivity contribution in [3.63, 3.8) is 0 Å². The summed E-state index contributed by atoms with van der Waals surface area (Å²) in [7, 11) is 1.65. The molecule has 1 heterocycles. The molecule has 5 heteroatoms. The second kappa shape index (κ2) is 10.2. The molecule has 2 amide bonds. The largest absolute Gasteiger partial charge is 0.359 e. The summed E-state index contributed by atoms with van der Waals surface area (Å²) in [6.07, 6.45) is 3.70. The molecule has 1 N–H and O–H groups in total. The van der Waals surface area contributed by atoms with E-state index < -0.39 is 0 Å². The van der Waals surface area contributed by atoms with Gasteiger partial charge in [0, 0.05) is 38.3 Å². The highest BCUT2D eigenvalue weighted by molar-refractivity contribution is 5.96. The fraction of sp³-hybridized carbons (Fsp3) is 0.417. The maximum absolute atomic E-state index is 13.0. The van der Waals surface area contributed by atoms with Crippen molar-refractivity contribution < 1.29 is 9.59 Å². The molecule has 5 nitrogen and oxygen atoms in total. The average Bonchev–Trinajstić information content (AvgIpc) is 2.77. The van der Waals surface area contributed by atoms with Gasteiger partial charge in [-0.1, -0.05) is 62.2 Å². The Kier molecular flexibility index (Phi) is 7.42. The molecule has 0 saturated carbocycles. The highest BCUT2D eigenvalue weighted by Gasteiger charge is 2.32. The van der Waals surface area contributed by atoms with Crippen LogP contribution in [0.3, 0.4) is 0 Å². The van der Waals surface area contributed by atoms with Crippen molar-refractivity contribution in [3.8, 4) is 11.1 Å². The van der Waals surface area contributed by atoms with Gasteiger partial charge >= 0.3 is 0 Å². The van der Waals surface area contributed by atoms with Crippen LogP contribution in [0.1, 0.15) is 32.6 Å². The zero-order valence-electron chi connectivity index (χ0n) is 17.4. The Balaban J connectivity index is 1.78. The number of carbonyl (C=O) groups is 2. The van der Waals surface area contributed by atoms with Crippen molar-refractivity contribution in [3.05, 3.63) is 54.6 Å². The van der Waals surface area contributed by atoms with Crippen LogP contribution in [0.25, 0.3) is 11.1 Å². The number of nitrogens with zero attached hydrogens (tertiary/aromatic N) is 2. The first kappa shape index (κ1) is 21.1. The predicted octanol–water partition coefficient (Wildman–Crippen LogP) is 3.70. The Morgan fingerprint density at radius 2 is 1.86 bits per heavy atom. The fourth-order valence-corrected chi connectivity index (χ4v) is 3.89. The SMILES string of the molecule is CCCC[C@@H]1CN(c2cccc(-c3ccccc3)c2)C(=O)CN1CCC(=O)NC. The number of hydrogen-bond donors (Lipinski definition) is 1. The van der Waals surface area contributed by atoms with Crippen molar-refractivity contribution in [1.82, 2.24) is 10.2 Å². The Morgan fingerprint density at radius 3 is 2.59 bits per heavy atom. The lowest BCUT2D eigenvalue weighted by Crippen LogP contribution is -2.56. The summed E-state index contributed by atoms with van der Waals surface area (Å²) in [5.41, 5.74) is 3.21. The van der Waals surface area contributed by atoms with E-state index in [9.17, 15) is 9.59 Å². The number of piperazine rings is 1. The van der Waals surface area contributed by atoms with Gasteiger partial charge < -0.3 is 10.2 Å². The van der Waals surface area contributed by atoms with Crippen LogP contribution in [0, 0.1) is 0 Å². The molecule has 1 aliphatic rings. The van der Waals surface area contributed by atoms with E-state index in [1.165, 1.54) is 0 Å². The fourth-order valence-electron chi connectivity index (χ4n) is 3.89. The maximum Gasteiger partial charge on any atom is 0.241 e. The van der Waals surface area contributed by atoms with Crippen LogP contribution in [0.15, 0.2) is 54.6 Å². The second-order valence-corrected chi connectivity index (χ2v) is 7.61. The minimum atomic E-state index is 0.0182. The van der Waals surface area contributed by atoms with Gasteiger partial charge in [0.1, 0.15) is 0 Å². The molecule has 3 rings (SSSR count). The molecule has 0 radical (unpaired) electrons. The van der Waals surface area contributed by atoms with E-state index in [0.717, 1.165) is 36.1 Å². The molecule has 0 spiro atoms. The van der Waals surface area contributed by atoms with Crippen LogP contribution in [-0.4, -0.2) is 49.4 Å². The van der Waals surface area contributed by atoms with E-state index in [1.54, 1.807) is 7.05 Å². The van der Waals surface area contributed by atoms with Gasteiger partial charge in [-0.2, -0.15) is 0 Å². The molecule has 29 heavy (non-hydrogen) atoms. The van der Waals surface area contributed by atoms with E-state index in [2.05, 4.69) is 41.4 Å². The smallest absolute Gasteiger partial charge is 0.241 e. The van der Waals surface area contributed by atoms with Crippen LogP contribution in [0.2, 0.25) is 0 Å². The minimum Gasteiger partial charge on any atom is -0.359 e. The lowest BCUT2D eigenvalue weighted by molar-refractivity contribution is -0.125. The molecule has 1 aliphatic heterocycles. The topological polar surface area (TPSA) is 52.7 Å². The minimum absolute atomic E-state index is 0.0182. The molecule has 1 saturated heterocycles. The number of hydrogen-bond acceptors (Lipinski definition) is 3. The molecule has 0 unspecified atom stereocenters. The standard InChI is InChI=1S/C24H31N3O2/c1-3-4-12-22-17-27(24(29)18-26(22)15-14-23(28)25-2)21-13-8-11-20(16-21)19-9-6-5-7-10-19/h5-11,13,16,22H,3-4,12,14-15,17-18H2,1-2H3,(H,25,28)/t22-/m1/s1. The monoisotopic (exact) mass is 393 g/mol. The molecule has 2 aromatic carbocycles. The molecule has 0 bridgehead atoms. The summed E-state index contributed by atoms with van der Waals surface area (Å²) in [4.78, 5) is 28.8. The van der Waals surface area contributed by atoms with Crippen LogP contribution >= 0.6 is 0 Å². The first-order chi connectivity index (χ1) is 14.1. The molecular weight excluding hydrogens is 362 g/mol. The van der Waals surface area contributed by atoms with E-state index in [1.807, 2.05) is 35.2 Å². The van der Waals surface area contributed by atoms with Gasteiger partial charge in [0.2, 0.25) is 11.8 Å². The van der Waals surface area contributed by atoms with Gasteiger partial charge in [-0.15, -0.1) is 0 Å². The number of anilines is 1. The molecular formula is C24H31N3O2. The highest BCUT2D eigenvalue weighted by Crippen LogP contribution is 2.27. The Hall–Kier alpha value is -2.66. The van der Waals surface area contributed by atoms with E-state index in [4.69, 9.17) is 0 Å². The second-order valence-electron chi connectivity index (χ2n) is 7.61. The molecule has 1 atom stereocenters. The molecule has 2 aromatic rings. The zero-order valence-corrected chi connectivity index (χ0v) is 17.4. The van der Waals surface area contributed by atoms with Gasteiger partial charge in [0.05, 0.1) is 6.54 Å². The van der Waals surface area contributed by atoms with Crippen molar-refractivity contribution in [1.29, 1.82) is 0 Å². The number of benzene rings is 2. The average molecular weight is 394 g/mol. The summed E-state index contributed by atoms with van der Waals surface area (Å²) in [6, 6.07) is 18.7. The number of amides is 2. The number of nitrogens with one attached hydrogen (secondary N) is 1. The van der Waals surface area contributed by atoms with Gasteiger partial charge in [0.25, 0.3) is 0 Å². The van der Waals surface area contributed by atoms with Crippen LogP contribution in [-0.2, 0) is 9.59 Å². The van der Waals surface area contributed by atoms with Crippen LogP contribution < -0.4 is 10.2 Å². The lowest BCUT2D eigenvalue weighted by Gasteiger charge is -2.41. The Labute approximate surface area is 173 Å². The van der Waals surface area contributed by atoms with Gasteiger partial charge in [-0.05, 0) is 29.7 Å². The third-order valence-corrected chi connectivity index (χ3v) is 5.61. The molecule has 0 aromatic heterocycles. The summed E-state index contributed by atoms with van der Waals surface area (Å²) >= 11 is 0. The van der Waals surface area contributed by atoms with Crippen LogP contribution in [0.4, 0.5) is 5.69 Å². The number of rotatable bonds is 8. The van der Waals surface area contributed by atoms with Crippen molar-refractivity contribution in [2.45, 2.75) is 38.6 Å². The van der Waals surface area contributed by atoms with Gasteiger partial charge in [-0.25, -0.2) is 0 Å². The predicted molar refractivity (Wildman–Crippen MR) is 118 cm³/mol. The number of unbranched alkanes of at least 4 members (excludes halogenated alkanes) is 1. The van der Waals surface area contributed by atoms with Crippen LogP contribution in [0.5, 0.6) is 0 Å². The number of carbonyl (C=O) groups excluding carboxylic acids is 2. The van der Waals surface area contributed by atoms with E-state index in [0.29, 0.717) is 26.1 Å². The Bertz CT molecular complexity index is 822. The summed E-state index contributed by atoms with van der Waals surface area (Å²) in [6.45, 7) is 3.84. The molecule has 0 aliphatic carbocycles. The summed E-state index contributed by atoms with van der Waals surface area (Å²) < 4.78 is 0. The van der Waals surface area contributed by atoms with Crippen molar-refractivity contribution >= 4 is 17.5 Å². The normalized spacial score (nSPS) is 17.4. The molecule has 154 valence electrons. The molecule has 1 fully saturated rings. The quantitative estimate of drug-likeness (QED) is 0.744. The zero-order chi connectivity index (χ0) is 20.6. The first-order valence-electron chi connectivity index (χ1n) is 10.5. The third-order valence-electron chi connectivity index (χ3n) is 5.61. The third kappa shape index (κ3) is 5.45. The van der Waals surface area contributed by atoms with Crippen molar-refractivity contribution in [2.24, 2.45) is 0 Å². The maximum atomic E-state index is 13.0.